The monoisotopic (exact) mass is 198 g/mol. The van der Waals surface area contributed by atoms with E-state index in [1.165, 1.54) is 0 Å². The first-order chi connectivity index (χ1) is 6.65. The molecule has 0 radical (unpaired) electrons. The fraction of sp³-hybridized carbons (Fsp3) is 0.909. The summed E-state index contributed by atoms with van der Waals surface area (Å²) >= 11 is 0. The van der Waals surface area contributed by atoms with Crippen molar-refractivity contribution < 1.29 is 4.79 Å². The van der Waals surface area contributed by atoms with Crippen LogP contribution >= 0.6 is 0 Å². The lowest BCUT2D eigenvalue weighted by Crippen LogP contribution is -2.52. The summed E-state index contributed by atoms with van der Waals surface area (Å²) < 4.78 is 0. The van der Waals surface area contributed by atoms with Crippen LogP contribution in [0.5, 0.6) is 0 Å². The van der Waals surface area contributed by atoms with E-state index >= 15 is 0 Å². The Labute approximate surface area is 86.6 Å². The van der Waals surface area contributed by atoms with Gasteiger partial charge in [-0.2, -0.15) is 0 Å². The van der Waals surface area contributed by atoms with E-state index in [9.17, 15) is 4.79 Å². The lowest BCUT2D eigenvalue weighted by Gasteiger charge is -2.28. The summed E-state index contributed by atoms with van der Waals surface area (Å²) in [6.45, 7) is 7.41. The third kappa shape index (κ3) is 2.98. The molecule has 0 bridgehead atoms. The Morgan fingerprint density at radius 2 is 2.29 bits per heavy atom. The van der Waals surface area contributed by atoms with Gasteiger partial charge in [-0.25, -0.2) is 0 Å². The maximum Gasteiger partial charge on any atom is 0.237 e. The van der Waals surface area contributed by atoms with Gasteiger partial charge in [0.2, 0.25) is 5.91 Å². The van der Waals surface area contributed by atoms with Gasteiger partial charge >= 0.3 is 0 Å². The van der Waals surface area contributed by atoms with Crippen molar-refractivity contribution in [2.75, 3.05) is 6.54 Å². The van der Waals surface area contributed by atoms with E-state index in [0.717, 1.165) is 25.8 Å². The van der Waals surface area contributed by atoms with Gasteiger partial charge in [-0.3, -0.25) is 4.79 Å². The minimum atomic E-state index is 0.0350. The highest BCUT2D eigenvalue weighted by Gasteiger charge is 2.24. The first-order valence-corrected chi connectivity index (χ1v) is 5.69. The van der Waals surface area contributed by atoms with E-state index in [0.29, 0.717) is 12.0 Å². The van der Waals surface area contributed by atoms with Crippen LogP contribution < -0.4 is 10.6 Å². The first-order valence-electron chi connectivity index (χ1n) is 5.69. The average Bonchev–Trinajstić information content (AvgIpc) is 2.20. The molecule has 1 heterocycles. The molecule has 0 aromatic heterocycles. The van der Waals surface area contributed by atoms with E-state index in [1.807, 2.05) is 0 Å². The van der Waals surface area contributed by atoms with Crippen molar-refractivity contribution in [1.29, 1.82) is 0 Å². The quantitative estimate of drug-likeness (QED) is 0.714. The van der Waals surface area contributed by atoms with Crippen LogP contribution in [0.1, 0.15) is 40.0 Å². The van der Waals surface area contributed by atoms with Gasteiger partial charge in [0.05, 0.1) is 6.04 Å². The molecule has 3 nitrogen and oxygen atoms in total. The number of piperidine rings is 1. The normalized spacial score (nSPS) is 26.8. The molecule has 0 aromatic rings. The van der Waals surface area contributed by atoms with Crippen LogP contribution in [-0.4, -0.2) is 24.5 Å². The third-order valence-corrected chi connectivity index (χ3v) is 3.25. The van der Waals surface area contributed by atoms with Crippen molar-refractivity contribution in [3.8, 4) is 0 Å². The second kappa shape index (κ2) is 5.35. The maximum atomic E-state index is 11.5. The van der Waals surface area contributed by atoms with Crippen molar-refractivity contribution >= 4 is 5.91 Å². The van der Waals surface area contributed by atoms with Crippen molar-refractivity contribution in [3.63, 3.8) is 0 Å². The zero-order chi connectivity index (χ0) is 10.6. The number of amides is 1. The smallest absolute Gasteiger partial charge is 0.237 e. The SMILES string of the molecule is CCC(C)C(C)NC1CCCNC1=O. The topological polar surface area (TPSA) is 41.1 Å². The second-order valence-electron chi connectivity index (χ2n) is 4.33. The lowest BCUT2D eigenvalue weighted by molar-refractivity contribution is -0.124. The molecular weight excluding hydrogens is 176 g/mol. The zero-order valence-corrected chi connectivity index (χ0v) is 9.47. The predicted octanol–water partition coefficient (Wildman–Crippen LogP) is 1.29. The van der Waals surface area contributed by atoms with Crippen LogP contribution in [0.3, 0.4) is 0 Å². The van der Waals surface area contributed by atoms with Crippen LogP contribution in [0.4, 0.5) is 0 Å². The third-order valence-electron chi connectivity index (χ3n) is 3.25. The summed E-state index contributed by atoms with van der Waals surface area (Å²) in [4.78, 5) is 11.5. The lowest BCUT2D eigenvalue weighted by atomic mass is 9.98. The van der Waals surface area contributed by atoms with Crippen LogP contribution in [0.2, 0.25) is 0 Å². The van der Waals surface area contributed by atoms with Gasteiger partial charge < -0.3 is 10.6 Å². The highest BCUT2D eigenvalue weighted by molar-refractivity contribution is 5.82. The summed E-state index contributed by atoms with van der Waals surface area (Å²) in [5.41, 5.74) is 0. The van der Waals surface area contributed by atoms with Gasteiger partial charge in [-0.1, -0.05) is 20.3 Å². The molecule has 0 aromatic carbocycles. The van der Waals surface area contributed by atoms with E-state index in [2.05, 4.69) is 31.4 Å². The molecule has 1 saturated heterocycles. The molecule has 3 unspecified atom stereocenters. The Bertz CT molecular complexity index is 194. The van der Waals surface area contributed by atoms with Gasteiger partial charge in [0, 0.05) is 12.6 Å². The molecule has 1 aliphatic heterocycles. The van der Waals surface area contributed by atoms with Gasteiger partial charge in [0.1, 0.15) is 0 Å². The molecule has 1 fully saturated rings. The number of hydrogen-bond acceptors (Lipinski definition) is 2. The number of hydrogen-bond donors (Lipinski definition) is 2. The van der Waals surface area contributed by atoms with Crippen molar-refractivity contribution in [1.82, 2.24) is 10.6 Å². The van der Waals surface area contributed by atoms with Crippen molar-refractivity contribution in [3.05, 3.63) is 0 Å². The molecule has 3 atom stereocenters. The molecular formula is C11H22N2O. The molecule has 2 N–H and O–H groups in total. The number of rotatable bonds is 4. The van der Waals surface area contributed by atoms with Crippen molar-refractivity contribution in [2.45, 2.75) is 52.1 Å². The Balaban J connectivity index is 2.38. The highest BCUT2D eigenvalue weighted by Crippen LogP contribution is 2.10. The van der Waals surface area contributed by atoms with Crippen LogP contribution in [0.25, 0.3) is 0 Å². The Morgan fingerprint density at radius 3 is 2.86 bits per heavy atom. The van der Waals surface area contributed by atoms with E-state index < -0.39 is 0 Å². The Kier molecular flexibility index (Phi) is 4.39. The van der Waals surface area contributed by atoms with Crippen LogP contribution in [0.15, 0.2) is 0 Å². The molecule has 14 heavy (non-hydrogen) atoms. The summed E-state index contributed by atoms with van der Waals surface area (Å²) in [7, 11) is 0. The summed E-state index contributed by atoms with van der Waals surface area (Å²) in [6.07, 6.45) is 3.23. The van der Waals surface area contributed by atoms with Gasteiger partial charge in [0.25, 0.3) is 0 Å². The van der Waals surface area contributed by atoms with E-state index in [4.69, 9.17) is 0 Å². The van der Waals surface area contributed by atoms with E-state index in [-0.39, 0.29) is 11.9 Å². The van der Waals surface area contributed by atoms with Gasteiger partial charge in [-0.15, -0.1) is 0 Å². The molecule has 1 amide bonds. The zero-order valence-electron chi connectivity index (χ0n) is 9.47. The molecule has 0 saturated carbocycles. The Morgan fingerprint density at radius 1 is 1.57 bits per heavy atom. The number of carbonyl (C=O) groups is 1. The molecule has 1 rings (SSSR count). The maximum absolute atomic E-state index is 11.5. The fourth-order valence-electron chi connectivity index (χ4n) is 1.77. The second-order valence-corrected chi connectivity index (χ2v) is 4.33. The van der Waals surface area contributed by atoms with Crippen molar-refractivity contribution in [2.24, 2.45) is 5.92 Å². The molecule has 3 heteroatoms. The highest BCUT2D eigenvalue weighted by atomic mass is 16.2. The van der Waals surface area contributed by atoms with Gasteiger partial charge in [-0.05, 0) is 25.7 Å². The summed E-state index contributed by atoms with van der Waals surface area (Å²) in [5, 5.41) is 6.30. The molecule has 0 aliphatic carbocycles. The summed E-state index contributed by atoms with van der Waals surface area (Å²) in [6, 6.07) is 0.460. The standard InChI is InChI=1S/C11H22N2O/c1-4-8(2)9(3)13-10-6-5-7-12-11(10)14/h8-10,13H,4-7H2,1-3H3,(H,12,14). The molecule has 82 valence electrons. The summed E-state index contributed by atoms with van der Waals surface area (Å²) in [5.74, 6) is 0.802. The fourth-order valence-corrected chi connectivity index (χ4v) is 1.77. The largest absolute Gasteiger partial charge is 0.355 e. The minimum Gasteiger partial charge on any atom is -0.355 e. The van der Waals surface area contributed by atoms with E-state index in [1.54, 1.807) is 0 Å². The number of nitrogens with one attached hydrogen (secondary N) is 2. The minimum absolute atomic E-state index is 0.0350. The van der Waals surface area contributed by atoms with Crippen LogP contribution in [0, 0.1) is 5.92 Å². The predicted molar refractivity (Wildman–Crippen MR) is 58.1 cm³/mol. The Hall–Kier alpha value is -0.570. The van der Waals surface area contributed by atoms with Gasteiger partial charge in [0.15, 0.2) is 0 Å². The molecule has 1 aliphatic rings. The average molecular weight is 198 g/mol. The molecule has 0 spiro atoms. The number of carbonyl (C=O) groups excluding carboxylic acids is 1. The van der Waals surface area contributed by atoms with Crippen LogP contribution in [-0.2, 0) is 4.79 Å². The first kappa shape index (κ1) is 11.5.